The molecule has 9 nitrogen and oxygen atoms in total. The molecule has 0 aliphatic heterocycles. The largest absolute Gasteiger partial charge is 0.493 e. The Bertz CT molecular complexity index is 1280. The fourth-order valence-electron chi connectivity index (χ4n) is 3.21. The lowest BCUT2D eigenvalue weighted by atomic mass is 10.2. The number of carbonyl (C=O) groups is 2. The van der Waals surface area contributed by atoms with Gasteiger partial charge in [0.2, 0.25) is 11.8 Å². The van der Waals surface area contributed by atoms with Gasteiger partial charge in [-0.3, -0.25) is 19.0 Å². The maximum Gasteiger partial charge on any atom is 0.261 e. The Morgan fingerprint density at radius 2 is 1.88 bits per heavy atom. The molecule has 0 radical (unpaired) electrons. The highest BCUT2D eigenvalue weighted by molar-refractivity contribution is 5.94. The molecule has 3 aromatic rings. The Morgan fingerprint density at radius 1 is 1.12 bits per heavy atom. The van der Waals surface area contributed by atoms with Gasteiger partial charge in [-0.2, -0.15) is 0 Å². The molecule has 1 aromatic heterocycles. The molecule has 0 unspecified atom stereocenters. The molecular formula is C24H24N4O5. The van der Waals surface area contributed by atoms with Crippen LogP contribution in [0.3, 0.4) is 0 Å². The zero-order valence-corrected chi connectivity index (χ0v) is 18.4. The second-order valence-electron chi connectivity index (χ2n) is 7.12. The van der Waals surface area contributed by atoms with E-state index >= 15 is 0 Å². The molecule has 0 saturated carbocycles. The molecule has 0 fully saturated rings. The first-order chi connectivity index (χ1) is 15.9. The molecule has 0 saturated heterocycles. The summed E-state index contributed by atoms with van der Waals surface area (Å²) in [7, 11) is 3.00. The van der Waals surface area contributed by atoms with E-state index in [0.29, 0.717) is 46.6 Å². The average Bonchev–Trinajstić information content (AvgIpc) is 2.83. The van der Waals surface area contributed by atoms with Gasteiger partial charge >= 0.3 is 0 Å². The number of anilines is 1. The lowest BCUT2D eigenvalue weighted by molar-refractivity contribution is -0.124. The summed E-state index contributed by atoms with van der Waals surface area (Å²) in [6.45, 7) is 0.132. The smallest absolute Gasteiger partial charge is 0.261 e. The van der Waals surface area contributed by atoms with Crippen molar-refractivity contribution in [3.8, 4) is 23.8 Å². The first-order valence-corrected chi connectivity index (χ1v) is 10.2. The summed E-state index contributed by atoms with van der Waals surface area (Å²) in [6, 6.07) is 10.1. The number of ether oxygens (including phenoxy) is 2. The Hall–Kier alpha value is -4.32. The van der Waals surface area contributed by atoms with Crippen LogP contribution in [0.2, 0.25) is 0 Å². The first-order valence-electron chi connectivity index (χ1n) is 10.2. The standard InChI is InChI=1S/C24H24N4O5/c1-4-16-7-5-8-17(11-16)27-23(30)14-25-22(29)9-6-10-28-15-26-19-13-21(33-3)20(32-2)12-18(19)24(28)31/h1,5,7-8,11-13,15H,6,9-10,14H2,2-3H3,(H,25,29)(H,27,30). The van der Waals surface area contributed by atoms with E-state index in [0.717, 1.165) is 0 Å². The van der Waals surface area contributed by atoms with Gasteiger partial charge in [0.05, 0.1) is 38.0 Å². The first kappa shape index (κ1) is 23.3. The highest BCUT2D eigenvalue weighted by Crippen LogP contribution is 2.29. The van der Waals surface area contributed by atoms with Crippen LogP contribution in [0.25, 0.3) is 10.9 Å². The normalized spacial score (nSPS) is 10.3. The number of amides is 2. The number of methoxy groups -OCH3 is 2. The number of nitrogens with zero attached hydrogens (tertiary/aromatic N) is 2. The molecule has 0 spiro atoms. The molecule has 2 N–H and O–H groups in total. The van der Waals surface area contributed by atoms with Crippen molar-refractivity contribution in [2.45, 2.75) is 19.4 Å². The van der Waals surface area contributed by atoms with Gasteiger partial charge in [-0.25, -0.2) is 4.98 Å². The number of aromatic nitrogens is 2. The Kier molecular flexibility index (Phi) is 7.65. The fourth-order valence-corrected chi connectivity index (χ4v) is 3.21. The van der Waals surface area contributed by atoms with Crippen molar-refractivity contribution in [2.75, 3.05) is 26.1 Å². The van der Waals surface area contributed by atoms with Crippen molar-refractivity contribution in [2.24, 2.45) is 0 Å². The van der Waals surface area contributed by atoms with E-state index in [9.17, 15) is 14.4 Å². The van der Waals surface area contributed by atoms with Gasteiger partial charge in [0.1, 0.15) is 0 Å². The number of rotatable bonds is 9. The lowest BCUT2D eigenvalue weighted by Crippen LogP contribution is -2.33. The number of hydrogen-bond donors (Lipinski definition) is 2. The quantitative estimate of drug-likeness (QED) is 0.484. The summed E-state index contributed by atoms with van der Waals surface area (Å²) in [6.07, 6.45) is 7.33. The number of benzene rings is 2. The number of fused-ring (bicyclic) bond motifs is 1. The monoisotopic (exact) mass is 448 g/mol. The number of aryl methyl sites for hydroxylation is 1. The van der Waals surface area contributed by atoms with Crippen molar-refractivity contribution >= 4 is 28.4 Å². The van der Waals surface area contributed by atoms with Gasteiger partial charge in [0.25, 0.3) is 5.56 Å². The number of nitrogens with one attached hydrogen (secondary N) is 2. The molecule has 9 heteroatoms. The minimum atomic E-state index is -0.364. The predicted molar refractivity (Wildman–Crippen MR) is 124 cm³/mol. The SMILES string of the molecule is C#Cc1cccc(NC(=O)CNC(=O)CCCn2cnc3cc(OC)c(OC)cc3c2=O)c1. The van der Waals surface area contributed by atoms with Crippen LogP contribution in [0.5, 0.6) is 11.5 Å². The topological polar surface area (TPSA) is 112 Å². The molecule has 0 bridgehead atoms. The fraction of sp³-hybridized carbons (Fsp3) is 0.250. The van der Waals surface area contributed by atoms with Gasteiger partial charge in [-0.1, -0.05) is 12.0 Å². The molecule has 0 atom stereocenters. The molecular weight excluding hydrogens is 424 g/mol. The Labute approximate surface area is 190 Å². The maximum absolute atomic E-state index is 12.8. The van der Waals surface area contributed by atoms with Crippen molar-refractivity contribution in [3.05, 3.63) is 58.6 Å². The minimum Gasteiger partial charge on any atom is -0.493 e. The van der Waals surface area contributed by atoms with E-state index in [1.807, 2.05) is 0 Å². The highest BCUT2D eigenvalue weighted by atomic mass is 16.5. The zero-order chi connectivity index (χ0) is 23.8. The van der Waals surface area contributed by atoms with Crippen LogP contribution in [0.4, 0.5) is 5.69 Å². The molecule has 170 valence electrons. The van der Waals surface area contributed by atoms with E-state index in [2.05, 4.69) is 21.5 Å². The second-order valence-corrected chi connectivity index (χ2v) is 7.12. The highest BCUT2D eigenvalue weighted by Gasteiger charge is 2.12. The van der Waals surface area contributed by atoms with Crippen LogP contribution in [0.1, 0.15) is 18.4 Å². The number of hydrogen-bond acceptors (Lipinski definition) is 6. The summed E-state index contributed by atoms with van der Waals surface area (Å²) >= 11 is 0. The molecule has 0 aliphatic rings. The van der Waals surface area contributed by atoms with Gasteiger partial charge < -0.3 is 20.1 Å². The minimum absolute atomic E-state index is 0.149. The Balaban J connectivity index is 1.51. The van der Waals surface area contributed by atoms with Gasteiger partial charge in [-0.15, -0.1) is 6.42 Å². The van der Waals surface area contributed by atoms with Crippen LogP contribution in [-0.2, 0) is 16.1 Å². The van der Waals surface area contributed by atoms with E-state index < -0.39 is 0 Å². The number of terminal acetylenes is 1. The van der Waals surface area contributed by atoms with E-state index in [1.165, 1.54) is 25.1 Å². The van der Waals surface area contributed by atoms with Crippen LogP contribution in [0.15, 0.2) is 47.5 Å². The van der Waals surface area contributed by atoms with Gasteiger partial charge in [0, 0.05) is 30.3 Å². The molecule has 2 amide bonds. The van der Waals surface area contributed by atoms with Crippen molar-refractivity contribution in [3.63, 3.8) is 0 Å². The molecule has 2 aromatic carbocycles. The van der Waals surface area contributed by atoms with Gasteiger partial charge in [0.15, 0.2) is 11.5 Å². The van der Waals surface area contributed by atoms with Crippen LogP contribution in [0, 0.1) is 12.3 Å². The van der Waals surface area contributed by atoms with E-state index in [-0.39, 0.29) is 30.3 Å². The Morgan fingerprint density at radius 3 is 2.61 bits per heavy atom. The number of carbonyl (C=O) groups excluding carboxylic acids is 2. The zero-order valence-electron chi connectivity index (χ0n) is 18.4. The lowest BCUT2D eigenvalue weighted by Gasteiger charge is -2.11. The van der Waals surface area contributed by atoms with Crippen LogP contribution < -0.4 is 25.7 Å². The predicted octanol–water partition coefficient (Wildman–Crippen LogP) is 1.93. The van der Waals surface area contributed by atoms with E-state index in [4.69, 9.17) is 15.9 Å². The molecule has 0 aliphatic carbocycles. The average molecular weight is 448 g/mol. The van der Waals surface area contributed by atoms with Crippen LogP contribution >= 0.6 is 0 Å². The summed E-state index contributed by atoms with van der Waals surface area (Å²) in [5, 5.41) is 5.63. The molecule has 1 heterocycles. The maximum atomic E-state index is 12.8. The van der Waals surface area contributed by atoms with E-state index in [1.54, 1.807) is 36.4 Å². The van der Waals surface area contributed by atoms with Crippen LogP contribution in [-0.4, -0.2) is 42.1 Å². The summed E-state index contributed by atoms with van der Waals surface area (Å²) in [4.78, 5) is 41.2. The third-order valence-electron chi connectivity index (χ3n) is 4.89. The molecule has 33 heavy (non-hydrogen) atoms. The summed E-state index contributed by atoms with van der Waals surface area (Å²) in [5.41, 5.74) is 1.45. The van der Waals surface area contributed by atoms with Gasteiger partial charge in [-0.05, 0) is 30.7 Å². The third kappa shape index (κ3) is 5.89. The summed E-state index contributed by atoms with van der Waals surface area (Å²) < 4.78 is 11.9. The summed E-state index contributed by atoms with van der Waals surface area (Å²) in [5.74, 6) is 2.75. The van der Waals surface area contributed by atoms with Crippen molar-refractivity contribution < 1.29 is 19.1 Å². The van der Waals surface area contributed by atoms with Crippen molar-refractivity contribution in [1.82, 2.24) is 14.9 Å². The third-order valence-corrected chi connectivity index (χ3v) is 4.89. The molecule has 3 rings (SSSR count). The van der Waals surface area contributed by atoms with Crippen molar-refractivity contribution in [1.29, 1.82) is 0 Å². The second kappa shape index (κ2) is 10.8.